The summed E-state index contributed by atoms with van der Waals surface area (Å²) in [6.07, 6.45) is 0.732. The van der Waals surface area contributed by atoms with Gasteiger partial charge in [-0.2, -0.15) is 11.3 Å². The van der Waals surface area contributed by atoms with Crippen molar-refractivity contribution in [1.82, 2.24) is 4.72 Å². The van der Waals surface area contributed by atoms with Gasteiger partial charge in [-0.1, -0.05) is 15.9 Å². The van der Waals surface area contributed by atoms with Crippen LogP contribution in [0, 0.1) is 0 Å². The van der Waals surface area contributed by atoms with Crippen LogP contribution in [-0.4, -0.2) is 19.1 Å². The van der Waals surface area contributed by atoms with E-state index in [-0.39, 0.29) is 10.7 Å². The van der Waals surface area contributed by atoms with E-state index >= 15 is 0 Å². The second-order valence-corrected chi connectivity index (χ2v) is 6.92. The molecule has 0 saturated heterocycles. The van der Waals surface area contributed by atoms with E-state index in [9.17, 15) is 8.42 Å². The lowest BCUT2D eigenvalue weighted by atomic mass is 10.1. The van der Waals surface area contributed by atoms with Crippen LogP contribution in [0.4, 0.5) is 0 Å². The van der Waals surface area contributed by atoms with Gasteiger partial charge in [0.15, 0.2) is 0 Å². The van der Waals surface area contributed by atoms with E-state index in [1.54, 1.807) is 11.3 Å². The zero-order valence-corrected chi connectivity index (χ0v) is 11.0. The van der Waals surface area contributed by atoms with Gasteiger partial charge in [0.1, 0.15) is 4.66 Å². The lowest BCUT2D eigenvalue weighted by molar-refractivity contribution is 0.565. The maximum absolute atomic E-state index is 11.2. The highest BCUT2D eigenvalue weighted by atomic mass is 79.9. The molecular weight excluding hydrogens is 286 g/mol. The molecule has 1 heterocycles. The first-order valence-corrected chi connectivity index (χ1v) is 7.82. The minimum absolute atomic E-state index is 0.0476. The molecule has 1 atom stereocenters. The Kier molecular flexibility index (Phi) is 4.56. The zero-order chi connectivity index (χ0) is 10.6. The van der Waals surface area contributed by atoms with Crippen LogP contribution < -0.4 is 4.72 Å². The third kappa shape index (κ3) is 4.08. The highest BCUT2D eigenvalue weighted by Gasteiger charge is 2.12. The van der Waals surface area contributed by atoms with Crippen LogP contribution in [0.2, 0.25) is 0 Å². The monoisotopic (exact) mass is 297 g/mol. The van der Waals surface area contributed by atoms with Gasteiger partial charge in [0.05, 0.1) is 0 Å². The number of hydrogen-bond acceptors (Lipinski definition) is 3. The van der Waals surface area contributed by atoms with Crippen molar-refractivity contribution >= 4 is 37.3 Å². The van der Waals surface area contributed by atoms with E-state index < -0.39 is 10.0 Å². The van der Waals surface area contributed by atoms with E-state index in [0.29, 0.717) is 0 Å². The quantitative estimate of drug-likeness (QED) is 0.845. The van der Waals surface area contributed by atoms with Crippen LogP contribution >= 0.6 is 27.3 Å². The van der Waals surface area contributed by atoms with Gasteiger partial charge in [0, 0.05) is 6.04 Å². The molecule has 14 heavy (non-hydrogen) atoms. The van der Waals surface area contributed by atoms with Gasteiger partial charge in [-0.25, -0.2) is 13.1 Å². The summed E-state index contributed by atoms with van der Waals surface area (Å²) in [6, 6.07) is 1.94. The first-order valence-electron chi connectivity index (χ1n) is 4.10. The molecule has 0 amide bonds. The number of hydrogen-bond donors (Lipinski definition) is 1. The maximum Gasteiger partial charge on any atom is 0.221 e. The average molecular weight is 298 g/mol. The Morgan fingerprint density at radius 2 is 2.36 bits per heavy atom. The van der Waals surface area contributed by atoms with Gasteiger partial charge >= 0.3 is 0 Å². The van der Waals surface area contributed by atoms with Gasteiger partial charge in [-0.3, -0.25) is 0 Å². The summed E-state index contributed by atoms with van der Waals surface area (Å²) >= 11 is 4.55. The van der Waals surface area contributed by atoms with Crippen LogP contribution in [0.5, 0.6) is 0 Å². The van der Waals surface area contributed by atoms with Crippen LogP contribution in [0.15, 0.2) is 16.8 Å². The van der Waals surface area contributed by atoms with Gasteiger partial charge in [0.2, 0.25) is 10.0 Å². The summed E-state index contributed by atoms with van der Waals surface area (Å²) in [5.74, 6) is 0. The summed E-state index contributed by atoms with van der Waals surface area (Å²) in [5, 5.41) is 4.01. The Bertz CT molecular complexity index is 361. The molecule has 0 radical (unpaired) electrons. The molecule has 0 aliphatic carbocycles. The van der Waals surface area contributed by atoms with E-state index in [0.717, 1.165) is 6.42 Å². The van der Waals surface area contributed by atoms with Crippen LogP contribution in [0.3, 0.4) is 0 Å². The summed E-state index contributed by atoms with van der Waals surface area (Å²) in [5.41, 5.74) is 1.17. The fraction of sp³-hybridized carbons (Fsp3) is 0.500. The molecule has 1 aromatic rings. The Morgan fingerprint density at radius 1 is 1.64 bits per heavy atom. The number of thiophene rings is 1. The lowest BCUT2D eigenvalue weighted by Crippen LogP contribution is -2.34. The molecule has 0 fully saturated rings. The topological polar surface area (TPSA) is 46.2 Å². The average Bonchev–Trinajstić information content (AvgIpc) is 2.55. The molecule has 1 aromatic heterocycles. The minimum atomic E-state index is -3.15. The normalized spacial score (nSPS) is 14.1. The third-order valence-corrected chi connectivity index (χ3v) is 5.24. The predicted molar refractivity (Wildman–Crippen MR) is 63.3 cm³/mol. The number of alkyl halides is 1. The molecular formula is C8H12BrNO2S2. The number of halogens is 1. The van der Waals surface area contributed by atoms with E-state index in [2.05, 4.69) is 20.7 Å². The molecule has 1 N–H and O–H groups in total. The third-order valence-electron chi connectivity index (χ3n) is 1.65. The van der Waals surface area contributed by atoms with Gasteiger partial charge in [-0.05, 0) is 35.7 Å². The number of rotatable bonds is 5. The van der Waals surface area contributed by atoms with Gasteiger partial charge in [0.25, 0.3) is 0 Å². The summed E-state index contributed by atoms with van der Waals surface area (Å²) in [6.45, 7) is 1.86. The molecule has 0 spiro atoms. The molecule has 80 valence electrons. The molecule has 6 heteroatoms. The van der Waals surface area contributed by atoms with Crippen molar-refractivity contribution in [3.05, 3.63) is 22.4 Å². The molecule has 0 aromatic carbocycles. The van der Waals surface area contributed by atoms with Crippen molar-refractivity contribution in [2.75, 3.05) is 4.66 Å². The predicted octanol–water partition coefficient (Wildman–Crippen LogP) is 1.95. The fourth-order valence-corrected chi connectivity index (χ4v) is 2.98. The second-order valence-electron chi connectivity index (χ2n) is 3.08. The minimum Gasteiger partial charge on any atom is -0.212 e. The standard InChI is InChI=1S/C8H12BrNO2S2/c1-7(10-14(11,12)6-9)4-8-2-3-13-5-8/h2-3,5,7,10H,4,6H2,1H3. The molecule has 0 aliphatic heterocycles. The molecule has 0 aliphatic rings. The molecule has 1 unspecified atom stereocenters. The SMILES string of the molecule is CC(Cc1ccsc1)NS(=O)(=O)CBr. The Labute approximate surface area is 96.7 Å². The Morgan fingerprint density at radius 3 is 2.86 bits per heavy atom. The smallest absolute Gasteiger partial charge is 0.212 e. The fourth-order valence-electron chi connectivity index (χ4n) is 1.14. The molecule has 1 rings (SSSR count). The van der Waals surface area contributed by atoms with Crippen LogP contribution in [0.25, 0.3) is 0 Å². The van der Waals surface area contributed by atoms with E-state index in [4.69, 9.17) is 0 Å². The van der Waals surface area contributed by atoms with Crippen molar-refractivity contribution in [2.24, 2.45) is 0 Å². The maximum atomic E-state index is 11.2. The molecule has 0 bridgehead atoms. The van der Waals surface area contributed by atoms with Crippen molar-refractivity contribution in [1.29, 1.82) is 0 Å². The van der Waals surface area contributed by atoms with Gasteiger partial charge in [-0.15, -0.1) is 0 Å². The van der Waals surface area contributed by atoms with Crippen molar-refractivity contribution in [3.63, 3.8) is 0 Å². The largest absolute Gasteiger partial charge is 0.221 e. The van der Waals surface area contributed by atoms with E-state index in [1.165, 1.54) is 5.56 Å². The van der Waals surface area contributed by atoms with Crippen molar-refractivity contribution < 1.29 is 8.42 Å². The van der Waals surface area contributed by atoms with Crippen molar-refractivity contribution in [3.8, 4) is 0 Å². The van der Waals surface area contributed by atoms with Crippen LogP contribution in [-0.2, 0) is 16.4 Å². The highest BCUT2D eigenvalue weighted by Crippen LogP contribution is 2.09. The first-order chi connectivity index (χ1) is 6.53. The lowest BCUT2D eigenvalue weighted by Gasteiger charge is -2.11. The first kappa shape index (κ1) is 12.2. The summed E-state index contributed by atoms with van der Waals surface area (Å²) < 4.78 is 24.9. The van der Waals surface area contributed by atoms with Gasteiger partial charge < -0.3 is 0 Å². The Hall–Kier alpha value is 0.0900. The van der Waals surface area contributed by atoms with Crippen LogP contribution in [0.1, 0.15) is 12.5 Å². The number of sulfonamides is 1. The summed E-state index contributed by atoms with van der Waals surface area (Å²) in [7, 11) is -3.15. The second kappa shape index (κ2) is 5.25. The number of nitrogens with one attached hydrogen (secondary N) is 1. The van der Waals surface area contributed by atoms with E-state index in [1.807, 2.05) is 23.8 Å². The Balaban J connectivity index is 2.48. The van der Waals surface area contributed by atoms with Crippen molar-refractivity contribution in [2.45, 2.75) is 19.4 Å². The summed E-state index contributed by atoms with van der Waals surface area (Å²) in [4.78, 5) is 0. The molecule has 3 nitrogen and oxygen atoms in total. The zero-order valence-electron chi connectivity index (χ0n) is 7.73. The highest BCUT2D eigenvalue weighted by molar-refractivity contribution is 9.10. The molecule has 0 saturated carbocycles.